The monoisotopic (exact) mass is 224 g/mol. The third kappa shape index (κ3) is 1.52. The van der Waals surface area contributed by atoms with Crippen molar-refractivity contribution < 1.29 is 0 Å². The minimum atomic E-state index is 0.436. The van der Waals surface area contributed by atoms with Crippen molar-refractivity contribution in [2.75, 3.05) is 0 Å². The lowest BCUT2D eigenvalue weighted by Crippen LogP contribution is -1.96. The largest absolute Gasteiger partial charge is 0.353 e. The first kappa shape index (κ1) is 10.3. The molecule has 0 unspecified atom stereocenters. The van der Waals surface area contributed by atoms with Crippen LogP contribution in [0.25, 0.3) is 21.8 Å². The number of benzene rings is 1. The second-order valence-electron chi connectivity index (χ2n) is 4.90. The highest BCUT2D eigenvalue weighted by molar-refractivity contribution is 6.08. The molecule has 0 amide bonds. The number of aryl methyl sites for hydroxylation is 1. The van der Waals surface area contributed by atoms with Crippen LogP contribution < -0.4 is 0 Å². The molecule has 0 aliphatic carbocycles. The molecule has 0 saturated carbocycles. The Morgan fingerprint density at radius 3 is 2.65 bits per heavy atom. The predicted molar refractivity (Wildman–Crippen MR) is 72.4 cm³/mol. The molecule has 2 heteroatoms. The van der Waals surface area contributed by atoms with Gasteiger partial charge < -0.3 is 4.98 Å². The highest BCUT2D eigenvalue weighted by Gasteiger charge is 2.12. The molecular weight excluding hydrogens is 208 g/mol. The minimum Gasteiger partial charge on any atom is -0.353 e. The van der Waals surface area contributed by atoms with Gasteiger partial charge in [0, 0.05) is 22.0 Å². The molecule has 17 heavy (non-hydrogen) atoms. The van der Waals surface area contributed by atoms with Crippen LogP contribution in [-0.2, 0) is 0 Å². The Morgan fingerprint density at radius 2 is 1.88 bits per heavy atom. The Balaban J connectivity index is 2.51. The Hall–Kier alpha value is -1.83. The van der Waals surface area contributed by atoms with Gasteiger partial charge in [0.25, 0.3) is 0 Å². The number of H-pyrrole nitrogens is 1. The number of aromatic amines is 1. The van der Waals surface area contributed by atoms with E-state index in [0.717, 1.165) is 11.4 Å². The zero-order valence-corrected chi connectivity index (χ0v) is 10.4. The fraction of sp³-hybridized carbons (Fsp3) is 0.267. The van der Waals surface area contributed by atoms with E-state index in [2.05, 4.69) is 61.1 Å². The summed E-state index contributed by atoms with van der Waals surface area (Å²) in [7, 11) is 0. The molecule has 0 saturated heterocycles. The van der Waals surface area contributed by atoms with E-state index in [1.54, 1.807) is 0 Å². The molecular formula is C15H16N2. The molecule has 0 aliphatic heterocycles. The molecule has 0 fully saturated rings. The van der Waals surface area contributed by atoms with Crippen LogP contribution >= 0.6 is 0 Å². The molecule has 0 radical (unpaired) electrons. The fourth-order valence-electron chi connectivity index (χ4n) is 2.42. The lowest BCUT2D eigenvalue weighted by molar-refractivity contribution is 0.825. The van der Waals surface area contributed by atoms with E-state index in [1.165, 1.54) is 21.8 Å². The number of nitrogens with zero attached hydrogens (tertiary/aromatic N) is 1. The first-order valence-electron chi connectivity index (χ1n) is 6.05. The number of hydrogen-bond acceptors (Lipinski definition) is 1. The summed E-state index contributed by atoms with van der Waals surface area (Å²) in [5.74, 6) is 0.436. The number of aromatic nitrogens is 2. The van der Waals surface area contributed by atoms with E-state index < -0.39 is 0 Å². The Labute approximate surface area is 101 Å². The number of nitrogens with one attached hydrogen (secondary N) is 1. The van der Waals surface area contributed by atoms with Gasteiger partial charge in [0.15, 0.2) is 0 Å². The van der Waals surface area contributed by atoms with Gasteiger partial charge >= 0.3 is 0 Å². The van der Waals surface area contributed by atoms with Crippen LogP contribution in [-0.4, -0.2) is 9.97 Å². The molecule has 3 aromatic rings. The van der Waals surface area contributed by atoms with Crippen molar-refractivity contribution in [3.8, 4) is 0 Å². The summed E-state index contributed by atoms with van der Waals surface area (Å²) in [6.45, 7) is 6.44. The van der Waals surface area contributed by atoms with Crippen LogP contribution in [0.5, 0.6) is 0 Å². The smallest absolute Gasteiger partial charge is 0.0686 e. The quantitative estimate of drug-likeness (QED) is 0.661. The molecule has 2 nitrogen and oxygen atoms in total. The van der Waals surface area contributed by atoms with Crippen LogP contribution in [0.3, 0.4) is 0 Å². The summed E-state index contributed by atoms with van der Waals surface area (Å²) in [5.41, 5.74) is 4.63. The van der Waals surface area contributed by atoms with Gasteiger partial charge in [-0.15, -0.1) is 0 Å². The maximum absolute atomic E-state index is 4.66. The van der Waals surface area contributed by atoms with Gasteiger partial charge in [-0.2, -0.15) is 0 Å². The molecule has 3 rings (SSSR count). The van der Waals surface area contributed by atoms with Crippen LogP contribution in [0.2, 0.25) is 0 Å². The van der Waals surface area contributed by atoms with Gasteiger partial charge in [-0.05, 0) is 25.0 Å². The molecule has 2 heterocycles. The first-order valence-corrected chi connectivity index (χ1v) is 6.05. The predicted octanol–water partition coefficient (Wildman–Crippen LogP) is 4.15. The lowest BCUT2D eigenvalue weighted by Gasteiger charge is -2.07. The van der Waals surface area contributed by atoms with Crippen LogP contribution in [0.15, 0.2) is 30.3 Å². The number of para-hydroxylation sites is 1. The summed E-state index contributed by atoms with van der Waals surface area (Å²) < 4.78 is 0. The van der Waals surface area contributed by atoms with Crippen molar-refractivity contribution in [2.45, 2.75) is 26.7 Å². The topological polar surface area (TPSA) is 28.7 Å². The van der Waals surface area contributed by atoms with Crippen molar-refractivity contribution in [1.29, 1.82) is 0 Å². The van der Waals surface area contributed by atoms with Gasteiger partial charge in [-0.1, -0.05) is 32.0 Å². The highest BCUT2D eigenvalue weighted by Crippen LogP contribution is 2.30. The van der Waals surface area contributed by atoms with Crippen LogP contribution in [0.4, 0.5) is 0 Å². The molecule has 1 N–H and O–H groups in total. The van der Waals surface area contributed by atoms with E-state index >= 15 is 0 Å². The molecule has 86 valence electrons. The average Bonchev–Trinajstić information content (AvgIpc) is 2.66. The molecule has 0 atom stereocenters. The molecule has 1 aromatic carbocycles. The van der Waals surface area contributed by atoms with Gasteiger partial charge in [-0.25, -0.2) is 0 Å². The maximum Gasteiger partial charge on any atom is 0.0686 e. The lowest BCUT2D eigenvalue weighted by atomic mass is 10.1. The SMILES string of the molecule is Cc1cc2c([nH]c3ccccc32)c(C(C)C)n1. The molecule has 0 spiro atoms. The summed E-state index contributed by atoms with van der Waals surface area (Å²) in [6.07, 6.45) is 0. The molecule has 0 bridgehead atoms. The summed E-state index contributed by atoms with van der Waals surface area (Å²) in [4.78, 5) is 8.16. The second-order valence-corrected chi connectivity index (χ2v) is 4.90. The normalized spacial score (nSPS) is 11.8. The van der Waals surface area contributed by atoms with Gasteiger partial charge in [-0.3, -0.25) is 4.98 Å². The van der Waals surface area contributed by atoms with Crippen LogP contribution in [0, 0.1) is 6.92 Å². The Morgan fingerprint density at radius 1 is 1.12 bits per heavy atom. The number of fused-ring (bicyclic) bond motifs is 3. The van der Waals surface area contributed by atoms with Crippen molar-refractivity contribution >= 4 is 21.8 Å². The van der Waals surface area contributed by atoms with E-state index in [1.807, 2.05) is 0 Å². The third-order valence-electron chi connectivity index (χ3n) is 3.20. The first-order chi connectivity index (χ1) is 8.16. The highest BCUT2D eigenvalue weighted by atomic mass is 14.8. The molecule has 2 aromatic heterocycles. The van der Waals surface area contributed by atoms with Gasteiger partial charge in [0.2, 0.25) is 0 Å². The zero-order valence-electron chi connectivity index (χ0n) is 10.4. The average molecular weight is 224 g/mol. The second kappa shape index (κ2) is 3.59. The van der Waals surface area contributed by atoms with E-state index in [-0.39, 0.29) is 0 Å². The number of pyridine rings is 1. The van der Waals surface area contributed by atoms with Crippen molar-refractivity contribution in [1.82, 2.24) is 9.97 Å². The number of hydrogen-bond donors (Lipinski definition) is 1. The van der Waals surface area contributed by atoms with Crippen LogP contribution in [0.1, 0.15) is 31.2 Å². The van der Waals surface area contributed by atoms with E-state index in [0.29, 0.717) is 5.92 Å². The van der Waals surface area contributed by atoms with Crippen molar-refractivity contribution in [2.24, 2.45) is 0 Å². The maximum atomic E-state index is 4.66. The molecule has 0 aliphatic rings. The van der Waals surface area contributed by atoms with Crippen molar-refractivity contribution in [3.63, 3.8) is 0 Å². The van der Waals surface area contributed by atoms with Gasteiger partial charge in [0.05, 0.1) is 11.2 Å². The van der Waals surface area contributed by atoms with E-state index in [4.69, 9.17) is 0 Å². The van der Waals surface area contributed by atoms with E-state index in [9.17, 15) is 0 Å². The summed E-state index contributed by atoms with van der Waals surface area (Å²) >= 11 is 0. The van der Waals surface area contributed by atoms with Crippen molar-refractivity contribution in [3.05, 3.63) is 41.7 Å². The Bertz CT molecular complexity index is 693. The number of rotatable bonds is 1. The summed E-state index contributed by atoms with van der Waals surface area (Å²) in [6, 6.07) is 10.6. The Kier molecular flexibility index (Phi) is 2.18. The zero-order chi connectivity index (χ0) is 12.0. The fourth-order valence-corrected chi connectivity index (χ4v) is 2.42. The minimum absolute atomic E-state index is 0.436. The third-order valence-corrected chi connectivity index (χ3v) is 3.20. The summed E-state index contributed by atoms with van der Waals surface area (Å²) in [5, 5.41) is 2.58. The standard InChI is InChI=1S/C15H16N2/c1-9(2)14-15-12(8-10(3)16-14)11-6-4-5-7-13(11)17-15/h4-9,17H,1-3H3. The van der Waals surface area contributed by atoms with Gasteiger partial charge in [0.1, 0.15) is 0 Å².